The SMILES string of the molecule is O=C(NCc1ccccc1)Nc1ccc(C2OC(CSc3cccc[n+]3[O-])CC(c3ccc(CO)cc3)O2)cc1. The second-order valence-corrected chi connectivity index (χ2v) is 10.5. The molecule has 40 heavy (non-hydrogen) atoms. The molecule has 3 N–H and O–H groups in total. The zero-order chi connectivity index (χ0) is 27.7. The molecule has 0 radical (unpaired) electrons. The van der Waals surface area contributed by atoms with Crippen molar-refractivity contribution in [2.45, 2.75) is 43.1 Å². The van der Waals surface area contributed by atoms with Gasteiger partial charge in [0.15, 0.2) is 12.5 Å². The Bertz CT molecular complexity index is 1390. The van der Waals surface area contributed by atoms with E-state index in [-0.39, 0.29) is 24.8 Å². The first-order valence-electron chi connectivity index (χ1n) is 13.1. The molecule has 1 aliphatic heterocycles. The molecule has 4 aromatic rings. The van der Waals surface area contributed by atoms with Gasteiger partial charge in [-0.2, -0.15) is 4.73 Å². The minimum absolute atomic E-state index is 0.0201. The second kappa shape index (κ2) is 13.5. The number of benzene rings is 3. The minimum atomic E-state index is -0.627. The van der Waals surface area contributed by atoms with Crippen molar-refractivity contribution in [2.75, 3.05) is 11.1 Å². The largest absolute Gasteiger partial charge is 0.618 e. The van der Waals surface area contributed by atoms with Crippen molar-refractivity contribution in [2.24, 2.45) is 0 Å². The van der Waals surface area contributed by atoms with E-state index in [0.717, 1.165) is 27.0 Å². The number of aliphatic hydroxyl groups is 1. The number of pyridine rings is 1. The predicted octanol–water partition coefficient (Wildman–Crippen LogP) is 5.47. The van der Waals surface area contributed by atoms with Gasteiger partial charge in [-0.25, -0.2) is 4.79 Å². The number of hydrogen-bond donors (Lipinski definition) is 3. The number of carbonyl (C=O) groups is 1. The normalized spacial score (nSPS) is 18.7. The average molecular weight is 558 g/mol. The van der Waals surface area contributed by atoms with E-state index in [0.29, 0.717) is 29.4 Å². The summed E-state index contributed by atoms with van der Waals surface area (Å²) in [6.45, 7) is 0.414. The molecule has 206 valence electrons. The highest BCUT2D eigenvalue weighted by Gasteiger charge is 2.32. The number of amides is 2. The van der Waals surface area contributed by atoms with E-state index in [1.165, 1.54) is 18.0 Å². The average Bonchev–Trinajstić information content (AvgIpc) is 3.00. The molecule has 5 rings (SSSR count). The van der Waals surface area contributed by atoms with Crippen molar-refractivity contribution in [3.05, 3.63) is 131 Å². The maximum atomic E-state index is 12.4. The van der Waals surface area contributed by atoms with Gasteiger partial charge in [-0.15, -0.1) is 0 Å². The van der Waals surface area contributed by atoms with Crippen LogP contribution in [0.15, 0.2) is 108 Å². The van der Waals surface area contributed by atoms with Crippen LogP contribution in [0.4, 0.5) is 10.5 Å². The molecule has 9 heteroatoms. The zero-order valence-electron chi connectivity index (χ0n) is 21.8. The smallest absolute Gasteiger partial charge is 0.319 e. The van der Waals surface area contributed by atoms with Crippen LogP contribution in [-0.4, -0.2) is 23.0 Å². The van der Waals surface area contributed by atoms with Crippen LogP contribution in [0.2, 0.25) is 0 Å². The van der Waals surface area contributed by atoms with Gasteiger partial charge in [0.25, 0.3) is 5.03 Å². The molecule has 0 bridgehead atoms. The highest BCUT2D eigenvalue weighted by atomic mass is 32.2. The van der Waals surface area contributed by atoms with Crippen molar-refractivity contribution < 1.29 is 24.1 Å². The first kappa shape index (κ1) is 27.7. The summed E-state index contributed by atoms with van der Waals surface area (Å²) in [7, 11) is 0. The molecule has 3 unspecified atom stereocenters. The van der Waals surface area contributed by atoms with E-state index < -0.39 is 6.29 Å². The number of urea groups is 1. The Kier molecular flexibility index (Phi) is 9.30. The monoisotopic (exact) mass is 557 g/mol. The molecular formula is C31H31N3O5S. The van der Waals surface area contributed by atoms with Crippen molar-refractivity contribution in [3.8, 4) is 0 Å². The lowest BCUT2D eigenvalue weighted by Gasteiger charge is -2.36. The van der Waals surface area contributed by atoms with Crippen LogP contribution in [-0.2, 0) is 22.6 Å². The van der Waals surface area contributed by atoms with Crippen molar-refractivity contribution in [3.63, 3.8) is 0 Å². The first-order valence-corrected chi connectivity index (χ1v) is 14.1. The van der Waals surface area contributed by atoms with Gasteiger partial charge in [0.1, 0.15) is 0 Å². The van der Waals surface area contributed by atoms with Crippen molar-refractivity contribution >= 4 is 23.5 Å². The van der Waals surface area contributed by atoms with Gasteiger partial charge in [0.2, 0.25) is 0 Å². The van der Waals surface area contributed by atoms with E-state index in [4.69, 9.17) is 9.47 Å². The molecular weight excluding hydrogens is 526 g/mol. The van der Waals surface area contributed by atoms with Crippen LogP contribution in [0.5, 0.6) is 0 Å². The molecule has 2 heterocycles. The standard InChI is InChI=1S/C31H31N3O5S/c35-20-23-9-11-24(12-10-23)28-18-27(21-40-29-8-4-5-17-34(29)37)38-30(39-28)25-13-15-26(16-14-25)33-31(36)32-19-22-6-2-1-3-7-22/h1-17,27-28,30,35H,18-21H2,(H2,32,33,36). The molecule has 1 saturated heterocycles. The van der Waals surface area contributed by atoms with Gasteiger partial charge < -0.3 is 30.4 Å². The number of aromatic nitrogens is 1. The summed E-state index contributed by atoms with van der Waals surface area (Å²) in [5, 5.41) is 27.9. The number of rotatable bonds is 9. The summed E-state index contributed by atoms with van der Waals surface area (Å²) < 4.78 is 13.6. The van der Waals surface area contributed by atoms with E-state index >= 15 is 0 Å². The number of ether oxygens (including phenoxy) is 2. The van der Waals surface area contributed by atoms with Crippen LogP contribution >= 0.6 is 11.8 Å². The molecule has 1 aromatic heterocycles. The van der Waals surface area contributed by atoms with Gasteiger partial charge in [0, 0.05) is 42.1 Å². The summed E-state index contributed by atoms with van der Waals surface area (Å²) in [5.74, 6) is 0.582. The molecule has 3 aromatic carbocycles. The highest BCUT2D eigenvalue weighted by Crippen LogP contribution is 2.39. The number of nitrogens with one attached hydrogen (secondary N) is 2. The molecule has 1 fully saturated rings. The topological polar surface area (TPSA) is 107 Å². The van der Waals surface area contributed by atoms with Crippen LogP contribution in [0.1, 0.15) is 41.1 Å². The Hall–Kier alpha value is -3.89. The van der Waals surface area contributed by atoms with Crippen LogP contribution in [0.3, 0.4) is 0 Å². The number of aliphatic hydroxyl groups excluding tert-OH is 1. The lowest BCUT2D eigenvalue weighted by Crippen LogP contribution is -2.32. The van der Waals surface area contributed by atoms with Crippen LogP contribution < -0.4 is 15.4 Å². The van der Waals surface area contributed by atoms with E-state index in [1.54, 1.807) is 12.1 Å². The van der Waals surface area contributed by atoms with Gasteiger partial charge in [-0.1, -0.05) is 78.5 Å². The van der Waals surface area contributed by atoms with Gasteiger partial charge >= 0.3 is 6.03 Å². The third-order valence-electron chi connectivity index (χ3n) is 6.56. The van der Waals surface area contributed by atoms with Gasteiger partial charge in [-0.3, -0.25) is 0 Å². The highest BCUT2D eigenvalue weighted by molar-refractivity contribution is 7.99. The fraction of sp³-hybridized carbons (Fsp3) is 0.226. The molecule has 1 aliphatic rings. The van der Waals surface area contributed by atoms with Crippen molar-refractivity contribution in [1.82, 2.24) is 5.32 Å². The van der Waals surface area contributed by atoms with Crippen LogP contribution in [0.25, 0.3) is 0 Å². The summed E-state index contributed by atoms with van der Waals surface area (Å²) in [4.78, 5) is 12.4. The van der Waals surface area contributed by atoms with Crippen LogP contribution in [0, 0.1) is 5.21 Å². The minimum Gasteiger partial charge on any atom is -0.618 e. The predicted molar refractivity (Wildman–Crippen MR) is 153 cm³/mol. The fourth-order valence-corrected chi connectivity index (χ4v) is 5.34. The number of carbonyl (C=O) groups excluding carboxylic acids is 1. The molecule has 8 nitrogen and oxygen atoms in total. The third-order valence-corrected chi connectivity index (χ3v) is 7.71. The van der Waals surface area contributed by atoms with Crippen molar-refractivity contribution in [1.29, 1.82) is 0 Å². The lowest BCUT2D eigenvalue weighted by molar-refractivity contribution is -0.645. The Morgan fingerprint density at radius 3 is 2.35 bits per heavy atom. The van der Waals surface area contributed by atoms with Gasteiger partial charge in [-0.05, 0) is 34.9 Å². The Labute approximate surface area is 237 Å². The lowest BCUT2D eigenvalue weighted by atomic mass is 10.0. The number of thioether (sulfide) groups is 1. The maximum Gasteiger partial charge on any atom is 0.319 e. The molecule has 0 saturated carbocycles. The number of anilines is 1. The van der Waals surface area contributed by atoms with E-state index in [2.05, 4.69) is 10.6 Å². The summed E-state index contributed by atoms with van der Waals surface area (Å²) >= 11 is 1.45. The number of nitrogens with zero attached hydrogens (tertiary/aromatic N) is 1. The maximum absolute atomic E-state index is 12.4. The van der Waals surface area contributed by atoms with E-state index in [9.17, 15) is 15.1 Å². The Balaban J connectivity index is 1.25. The Morgan fingerprint density at radius 1 is 0.900 bits per heavy atom. The fourth-order valence-electron chi connectivity index (χ4n) is 4.40. The third kappa shape index (κ3) is 7.40. The summed E-state index contributed by atoms with van der Waals surface area (Å²) in [6.07, 6.45) is 1.08. The molecule has 2 amide bonds. The van der Waals surface area contributed by atoms with E-state index in [1.807, 2.05) is 84.9 Å². The zero-order valence-corrected chi connectivity index (χ0v) is 22.6. The molecule has 0 aliphatic carbocycles. The molecule has 3 atom stereocenters. The second-order valence-electron chi connectivity index (χ2n) is 9.44. The Morgan fingerprint density at radius 2 is 1.62 bits per heavy atom. The first-order chi connectivity index (χ1) is 19.6. The summed E-state index contributed by atoms with van der Waals surface area (Å²) in [6, 6.07) is 29.9. The number of hydrogen-bond acceptors (Lipinski definition) is 6. The quantitative estimate of drug-likeness (QED) is 0.143. The molecule has 0 spiro atoms. The van der Waals surface area contributed by atoms with Gasteiger partial charge in [0.05, 0.1) is 18.8 Å². The summed E-state index contributed by atoms with van der Waals surface area (Å²) in [5.41, 5.74) is 4.31.